The zero-order valence-corrected chi connectivity index (χ0v) is 9.42. The van der Waals surface area contributed by atoms with Crippen LogP contribution < -0.4 is 5.73 Å². The van der Waals surface area contributed by atoms with Gasteiger partial charge in [-0.3, -0.25) is 0 Å². The second kappa shape index (κ2) is 3.08. The van der Waals surface area contributed by atoms with Gasteiger partial charge in [0.2, 0.25) is 0 Å². The van der Waals surface area contributed by atoms with Crippen LogP contribution in [0.5, 0.6) is 0 Å². The van der Waals surface area contributed by atoms with Crippen LogP contribution in [0.4, 0.5) is 0 Å². The van der Waals surface area contributed by atoms with E-state index < -0.39 is 0 Å². The van der Waals surface area contributed by atoms with E-state index in [9.17, 15) is 0 Å². The van der Waals surface area contributed by atoms with Crippen molar-refractivity contribution in [2.24, 2.45) is 5.73 Å². The van der Waals surface area contributed by atoms with Gasteiger partial charge in [-0.2, -0.15) is 0 Å². The Morgan fingerprint density at radius 3 is 2.87 bits per heavy atom. The molecular weight excluding hydrogens is 182 g/mol. The third-order valence-electron chi connectivity index (χ3n) is 4.13. The zero-order chi connectivity index (χ0) is 10.5. The molecular formula is C14H19N. The van der Waals surface area contributed by atoms with E-state index in [0.717, 1.165) is 0 Å². The molecule has 1 fully saturated rings. The number of hydrogen-bond donors (Lipinski definition) is 1. The topological polar surface area (TPSA) is 26.0 Å². The molecule has 1 nitrogen and oxygen atoms in total. The van der Waals surface area contributed by atoms with Crippen LogP contribution in [0.2, 0.25) is 0 Å². The number of hydrogen-bond acceptors (Lipinski definition) is 1. The Balaban J connectivity index is 2.03. The molecule has 15 heavy (non-hydrogen) atoms. The quantitative estimate of drug-likeness (QED) is 0.743. The van der Waals surface area contributed by atoms with Crippen molar-refractivity contribution in [3.8, 4) is 0 Å². The minimum Gasteiger partial charge on any atom is -0.325 e. The molecule has 3 rings (SSSR count). The van der Waals surface area contributed by atoms with Gasteiger partial charge < -0.3 is 5.73 Å². The Hall–Kier alpha value is -0.820. The summed E-state index contributed by atoms with van der Waals surface area (Å²) in [5.41, 5.74) is 11.0. The molecule has 2 aliphatic carbocycles. The normalized spacial score (nSPS) is 27.2. The van der Waals surface area contributed by atoms with Crippen LogP contribution in [0.15, 0.2) is 18.2 Å². The summed E-state index contributed by atoms with van der Waals surface area (Å²) in [6.45, 7) is 2.18. The SMILES string of the molecule is Cc1ccc2c(c1)CCCC2C1(N)CC1. The van der Waals surface area contributed by atoms with E-state index in [4.69, 9.17) is 5.73 Å². The zero-order valence-electron chi connectivity index (χ0n) is 9.42. The number of rotatable bonds is 1. The lowest BCUT2D eigenvalue weighted by Gasteiger charge is -2.30. The van der Waals surface area contributed by atoms with Crippen molar-refractivity contribution < 1.29 is 0 Å². The minimum atomic E-state index is 0.157. The van der Waals surface area contributed by atoms with Gasteiger partial charge in [0.05, 0.1) is 0 Å². The highest BCUT2D eigenvalue weighted by Gasteiger charge is 2.47. The molecule has 0 amide bonds. The third-order valence-corrected chi connectivity index (χ3v) is 4.13. The van der Waals surface area contributed by atoms with E-state index in [2.05, 4.69) is 25.1 Å². The molecule has 1 aromatic rings. The van der Waals surface area contributed by atoms with Crippen molar-refractivity contribution in [1.29, 1.82) is 0 Å². The summed E-state index contributed by atoms with van der Waals surface area (Å²) in [6, 6.07) is 6.91. The fourth-order valence-electron chi connectivity index (χ4n) is 3.03. The molecule has 80 valence electrons. The molecule has 1 heteroatoms. The summed E-state index contributed by atoms with van der Waals surface area (Å²) in [6.07, 6.45) is 6.33. The van der Waals surface area contributed by atoms with Gasteiger partial charge in [-0.15, -0.1) is 0 Å². The lowest BCUT2D eigenvalue weighted by molar-refractivity contribution is 0.449. The lowest BCUT2D eigenvalue weighted by atomic mass is 9.77. The molecule has 0 saturated heterocycles. The molecule has 0 aromatic heterocycles. The number of fused-ring (bicyclic) bond motifs is 1. The largest absolute Gasteiger partial charge is 0.325 e. The fraction of sp³-hybridized carbons (Fsp3) is 0.571. The monoisotopic (exact) mass is 201 g/mol. The Morgan fingerprint density at radius 1 is 1.33 bits per heavy atom. The standard InChI is InChI=1S/C14H19N/c1-10-5-6-12-11(9-10)3-2-4-13(12)14(15)7-8-14/h5-6,9,13H,2-4,7-8,15H2,1H3. The Morgan fingerprint density at radius 2 is 2.13 bits per heavy atom. The summed E-state index contributed by atoms with van der Waals surface area (Å²) in [5.74, 6) is 0.641. The van der Waals surface area contributed by atoms with Gasteiger partial charge in [-0.05, 0) is 50.2 Å². The van der Waals surface area contributed by atoms with Crippen molar-refractivity contribution in [3.05, 3.63) is 34.9 Å². The van der Waals surface area contributed by atoms with Gasteiger partial charge in [0.1, 0.15) is 0 Å². The van der Waals surface area contributed by atoms with E-state index in [0.29, 0.717) is 5.92 Å². The molecule has 0 aliphatic heterocycles. The van der Waals surface area contributed by atoms with Crippen molar-refractivity contribution >= 4 is 0 Å². The average Bonchev–Trinajstić information content (AvgIpc) is 2.96. The van der Waals surface area contributed by atoms with E-state index in [1.165, 1.54) is 37.7 Å². The molecule has 0 heterocycles. The smallest absolute Gasteiger partial charge is 0.0225 e. The average molecular weight is 201 g/mol. The van der Waals surface area contributed by atoms with Crippen LogP contribution in [0.1, 0.15) is 48.3 Å². The summed E-state index contributed by atoms with van der Waals surface area (Å²) in [5, 5.41) is 0. The van der Waals surface area contributed by atoms with E-state index in [1.807, 2.05) is 0 Å². The highest BCUT2D eigenvalue weighted by atomic mass is 14.8. The van der Waals surface area contributed by atoms with E-state index >= 15 is 0 Å². The predicted octanol–water partition coefficient (Wildman–Crippen LogP) is 2.91. The van der Waals surface area contributed by atoms with Gasteiger partial charge in [-0.1, -0.05) is 23.8 Å². The maximum Gasteiger partial charge on any atom is 0.0225 e. The summed E-state index contributed by atoms with van der Waals surface area (Å²) in [7, 11) is 0. The van der Waals surface area contributed by atoms with Gasteiger partial charge in [0.25, 0.3) is 0 Å². The second-order valence-corrected chi connectivity index (χ2v) is 5.38. The van der Waals surface area contributed by atoms with Crippen LogP contribution in [-0.2, 0) is 6.42 Å². The second-order valence-electron chi connectivity index (χ2n) is 5.38. The van der Waals surface area contributed by atoms with Crippen LogP contribution in [-0.4, -0.2) is 5.54 Å². The molecule has 0 bridgehead atoms. The molecule has 1 unspecified atom stereocenters. The summed E-state index contributed by atoms with van der Waals surface area (Å²) in [4.78, 5) is 0. The first-order valence-corrected chi connectivity index (χ1v) is 6.07. The summed E-state index contributed by atoms with van der Waals surface area (Å²) >= 11 is 0. The van der Waals surface area contributed by atoms with Gasteiger partial charge >= 0.3 is 0 Å². The third kappa shape index (κ3) is 1.50. The number of benzene rings is 1. The molecule has 1 aromatic carbocycles. The van der Waals surface area contributed by atoms with E-state index in [-0.39, 0.29) is 5.54 Å². The maximum absolute atomic E-state index is 6.37. The van der Waals surface area contributed by atoms with Crippen LogP contribution in [0.3, 0.4) is 0 Å². The van der Waals surface area contributed by atoms with Crippen LogP contribution >= 0.6 is 0 Å². The first-order chi connectivity index (χ1) is 7.19. The Bertz CT molecular complexity index is 390. The van der Waals surface area contributed by atoms with Gasteiger partial charge in [0.15, 0.2) is 0 Å². The predicted molar refractivity (Wildman–Crippen MR) is 63.0 cm³/mol. The van der Waals surface area contributed by atoms with Crippen molar-refractivity contribution in [2.45, 2.75) is 50.5 Å². The van der Waals surface area contributed by atoms with Crippen molar-refractivity contribution in [2.75, 3.05) is 0 Å². The minimum absolute atomic E-state index is 0.157. The van der Waals surface area contributed by atoms with Gasteiger partial charge in [-0.25, -0.2) is 0 Å². The Labute approximate surface area is 91.7 Å². The van der Waals surface area contributed by atoms with Gasteiger partial charge in [0, 0.05) is 11.5 Å². The molecule has 2 N–H and O–H groups in total. The maximum atomic E-state index is 6.37. The van der Waals surface area contributed by atoms with Crippen molar-refractivity contribution in [3.63, 3.8) is 0 Å². The highest BCUT2D eigenvalue weighted by Crippen LogP contribution is 2.50. The molecule has 2 aliphatic rings. The van der Waals surface area contributed by atoms with E-state index in [1.54, 1.807) is 11.1 Å². The van der Waals surface area contributed by atoms with Crippen LogP contribution in [0.25, 0.3) is 0 Å². The first kappa shape index (κ1) is 9.41. The number of nitrogens with two attached hydrogens (primary N) is 1. The molecule has 1 atom stereocenters. The highest BCUT2D eigenvalue weighted by molar-refractivity contribution is 5.39. The first-order valence-electron chi connectivity index (χ1n) is 6.07. The number of aryl methyl sites for hydroxylation is 2. The molecule has 0 radical (unpaired) electrons. The van der Waals surface area contributed by atoms with Crippen LogP contribution in [0, 0.1) is 6.92 Å². The fourth-order valence-corrected chi connectivity index (χ4v) is 3.03. The summed E-state index contributed by atoms with van der Waals surface area (Å²) < 4.78 is 0. The Kier molecular flexibility index (Phi) is 1.93. The molecule has 0 spiro atoms. The van der Waals surface area contributed by atoms with Crippen molar-refractivity contribution in [1.82, 2.24) is 0 Å². The molecule has 1 saturated carbocycles. The lowest BCUT2D eigenvalue weighted by Crippen LogP contribution is -2.33.